The quantitative estimate of drug-likeness (QED) is 0.802. The van der Waals surface area contributed by atoms with E-state index in [1.54, 1.807) is 12.1 Å². The maximum Gasteiger partial charge on any atom is 0.265 e. The molecule has 17 heavy (non-hydrogen) atoms. The van der Waals surface area contributed by atoms with Crippen LogP contribution in [0, 0.1) is 5.92 Å². The van der Waals surface area contributed by atoms with E-state index in [2.05, 4.69) is 18.7 Å². The smallest absolute Gasteiger partial charge is 0.265 e. The largest absolute Gasteiger partial charge is 0.399 e. The van der Waals surface area contributed by atoms with Gasteiger partial charge in [0.25, 0.3) is 6.43 Å². The normalized spacial score (nSPS) is 24.6. The zero-order valence-electron chi connectivity index (χ0n) is 10.2. The standard InChI is InChI=1S/C13H18F2N2/c1-8-5-9(2)17(7-8)12-4-3-10(16)6-11(12)13(14)15/h3-4,6,8-9,13H,5,7,16H2,1-2H3. The van der Waals surface area contributed by atoms with Crippen LogP contribution in [0.1, 0.15) is 32.3 Å². The van der Waals surface area contributed by atoms with Crippen LogP contribution in [0.2, 0.25) is 0 Å². The molecule has 94 valence electrons. The van der Waals surface area contributed by atoms with Gasteiger partial charge in [0.2, 0.25) is 0 Å². The minimum absolute atomic E-state index is 0.0472. The molecule has 2 rings (SSSR count). The first kappa shape index (κ1) is 12.1. The van der Waals surface area contributed by atoms with Crippen LogP contribution in [0.15, 0.2) is 18.2 Å². The van der Waals surface area contributed by atoms with E-state index in [0.29, 0.717) is 23.3 Å². The highest BCUT2D eigenvalue weighted by Crippen LogP contribution is 2.36. The van der Waals surface area contributed by atoms with Gasteiger partial charge in [-0.2, -0.15) is 0 Å². The SMILES string of the molecule is CC1CC(C)N(c2ccc(N)cc2C(F)F)C1. The molecular formula is C13H18F2N2. The van der Waals surface area contributed by atoms with Gasteiger partial charge in [-0.05, 0) is 37.5 Å². The van der Waals surface area contributed by atoms with E-state index in [1.807, 2.05) is 0 Å². The number of alkyl halides is 2. The van der Waals surface area contributed by atoms with Gasteiger partial charge in [-0.15, -0.1) is 0 Å². The van der Waals surface area contributed by atoms with Crippen molar-refractivity contribution < 1.29 is 8.78 Å². The van der Waals surface area contributed by atoms with E-state index in [-0.39, 0.29) is 5.56 Å². The van der Waals surface area contributed by atoms with Crippen LogP contribution in [-0.4, -0.2) is 12.6 Å². The molecule has 1 heterocycles. The Balaban J connectivity index is 2.38. The molecule has 1 fully saturated rings. The van der Waals surface area contributed by atoms with Crippen molar-refractivity contribution in [3.05, 3.63) is 23.8 Å². The lowest BCUT2D eigenvalue weighted by atomic mass is 10.1. The fourth-order valence-electron chi connectivity index (χ4n) is 2.64. The first-order valence-corrected chi connectivity index (χ1v) is 5.93. The van der Waals surface area contributed by atoms with E-state index in [0.717, 1.165) is 13.0 Å². The molecule has 2 N–H and O–H groups in total. The summed E-state index contributed by atoms with van der Waals surface area (Å²) in [6.45, 7) is 5.07. The molecule has 4 heteroatoms. The van der Waals surface area contributed by atoms with E-state index < -0.39 is 6.43 Å². The minimum Gasteiger partial charge on any atom is -0.399 e. The molecule has 0 aromatic heterocycles. The Labute approximate surface area is 100 Å². The molecule has 1 saturated heterocycles. The lowest BCUT2D eigenvalue weighted by molar-refractivity contribution is 0.152. The Morgan fingerprint density at radius 2 is 2.06 bits per heavy atom. The highest BCUT2D eigenvalue weighted by molar-refractivity contribution is 5.61. The van der Waals surface area contributed by atoms with Crippen molar-refractivity contribution in [2.45, 2.75) is 32.7 Å². The van der Waals surface area contributed by atoms with Gasteiger partial charge >= 0.3 is 0 Å². The first-order chi connectivity index (χ1) is 7.99. The summed E-state index contributed by atoms with van der Waals surface area (Å²) in [7, 11) is 0. The molecule has 2 unspecified atom stereocenters. The molecule has 2 nitrogen and oxygen atoms in total. The van der Waals surface area contributed by atoms with Crippen molar-refractivity contribution in [2.24, 2.45) is 5.92 Å². The van der Waals surface area contributed by atoms with E-state index >= 15 is 0 Å². The van der Waals surface area contributed by atoms with E-state index in [9.17, 15) is 8.78 Å². The minimum atomic E-state index is -2.48. The van der Waals surface area contributed by atoms with Gasteiger partial charge in [0, 0.05) is 29.5 Å². The van der Waals surface area contributed by atoms with Crippen molar-refractivity contribution in [2.75, 3.05) is 17.2 Å². The Kier molecular flexibility index (Phi) is 3.22. The second kappa shape index (κ2) is 4.51. The third-order valence-electron chi connectivity index (χ3n) is 3.38. The summed E-state index contributed by atoms with van der Waals surface area (Å²) < 4.78 is 26.0. The van der Waals surface area contributed by atoms with Crippen LogP contribution in [0.25, 0.3) is 0 Å². The van der Waals surface area contributed by atoms with Gasteiger partial charge in [-0.1, -0.05) is 6.92 Å². The molecule has 1 aromatic rings. The zero-order chi connectivity index (χ0) is 12.6. The van der Waals surface area contributed by atoms with Crippen LogP contribution >= 0.6 is 0 Å². The number of hydrogen-bond donors (Lipinski definition) is 1. The van der Waals surface area contributed by atoms with Gasteiger partial charge in [0.15, 0.2) is 0 Å². The summed E-state index contributed by atoms with van der Waals surface area (Å²) in [6, 6.07) is 5.10. The summed E-state index contributed by atoms with van der Waals surface area (Å²) in [5.41, 5.74) is 6.64. The molecule has 1 aromatic carbocycles. The van der Waals surface area contributed by atoms with Gasteiger partial charge < -0.3 is 10.6 Å². The summed E-state index contributed by atoms with van der Waals surface area (Å²) in [4.78, 5) is 2.06. The van der Waals surface area contributed by atoms with Crippen LogP contribution in [-0.2, 0) is 0 Å². The van der Waals surface area contributed by atoms with E-state index in [4.69, 9.17) is 5.73 Å². The molecule has 0 spiro atoms. The third kappa shape index (κ3) is 2.35. The Morgan fingerprint density at radius 1 is 1.35 bits per heavy atom. The lowest BCUT2D eigenvalue weighted by Gasteiger charge is -2.26. The van der Waals surface area contributed by atoms with Gasteiger partial charge in [0.05, 0.1) is 0 Å². The van der Waals surface area contributed by atoms with Crippen LogP contribution < -0.4 is 10.6 Å². The van der Waals surface area contributed by atoms with E-state index in [1.165, 1.54) is 6.07 Å². The molecule has 1 aliphatic rings. The van der Waals surface area contributed by atoms with Crippen molar-refractivity contribution in [3.63, 3.8) is 0 Å². The maximum atomic E-state index is 13.0. The number of benzene rings is 1. The second-order valence-electron chi connectivity index (χ2n) is 4.96. The predicted molar refractivity (Wildman–Crippen MR) is 66.4 cm³/mol. The number of nitrogens with two attached hydrogens (primary N) is 1. The molecule has 0 aliphatic carbocycles. The predicted octanol–water partition coefficient (Wildman–Crippen LogP) is 3.44. The Bertz CT molecular complexity index is 406. The molecule has 0 saturated carbocycles. The number of nitrogen functional groups attached to an aromatic ring is 1. The molecule has 2 atom stereocenters. The topological polar surface area (TPSA) is 29.3 Å². The summed E-state index contributed by atoms with van der Waals surface area (Å²) in [5, 5.41) is 0. The van der Waals surface area contributed by atoms with Crippen LogP contribution in [0.5, 0.6) is 0 Å². The Morgan fingerprint density at radius 3 is 2.59 bits per heavy atom. The molecule has 1 aliphatic heterocycles. The summed E-state index contributed by atoms with van der Waals surface area (Å²) >= 11 is 0. The zero-order valence-corrected chi connectivity index (χ0v) is 10.2. The molecule has 0 radical (unpaired) electrons. The fourth-order valence-corrected chi connectivity index (χ4v) is 2.64. The van der Waals surface area contributed by atoms with Crippen LogP contribution in [0.3, 0.4) is 0 Å². The molecule has 0 bridgehead atoms. The highest BCUT2D eigenvalue weighted by atomic mass is 19.3. The summed E-state index contributed by atoms with van der Waals surface area (Å²) in [5.74, 6) is 0.549. The number of nitrogens with zero attached hydrogens (tertiary/aromatic N) is 1. The average Bonchev–Trinajstić information content (AvgIpc) is 2.57. The fraction of sp³-hybridized carbons (Fsp3) is 0.538. The van der Waals surface area contributed by atoms with Crippen molar-refractivity contribution >= 4 is 11.4 Å². The average molecular weight is 240 g/mol. The van der Waals surface area contributed by atoms with Crippen molar-refractivity contribution in [3.8, 4) is 0 Å². The number of anilines is 2. The third-order valence-corrected chi connectivity index (χ3v) is 3.38. The van der Waals surface area contributed by atoms with Crippen LogP contribution in [0.4, 0.5) is 20.2 Å². The van der Waals surface area contributed by atoms with Crippen molar-refractivity contribution in [1.29, 1.82) is 0 Å². The first-order valence-electron chi connectivity index (χ1n) is 5.93. The number of hydrogen-bond acceptors (Lipinski definition) is 2. The molecule has 0 amide bonds. The number of rotatable bonds is 2. The monoisotopic (exact) mass is 240 g/mol. The summed E-state index contributed by atoms with van der Waals surface area (Å²) in [6.07, 6.45) is -1.43. The van der Waals surface area contributed by atoms with Gasteiger partial charge in [-0.3, -0.25) is 0 Å². The Hall–Kier alpha value is -1.32. The highest BCUT2D eigenvalue weighted by Gasteiger charge is 2.29. The maximum absolute atomic E-state index is 13.0. The number of halogens is 2. The van der Waals surface area contributed by atoms with Gasteiger partial charge in [0.1, 0.15) is 0 Å². The molecular weight excluding hydrogens is 222 g/mol. The lowest BCUT2D eigenvalue weighted by Crippen LogP contribution is -2.27. The van der Waals surface area contributed by atoms with Crippen molar-refractivity contribution in [1.82, 2.24) is 0 Å². The second-order valence-corrected chi connectivity index (χ2v) is 4.96. The van der Waals surface area contributed by atoms with Gasteiger partial charge in [-0.25, -0.2) is 8.78 Å².